The van der Waals surface area contributed by atoms with Crippen molar-refractivity contribution in [3.63, 3.8) is 0 Å². The molecule has 0 radical (unpaired) electrons. The number of anilines is 2. The Bertz CT molecular complexity index is 1060. The number of thiophene rings is 1. The van der Waals surface area contributed by atoms with Crippen LogP contribution in [0.1, 0.15) is 35.5 Å². The molecule has 0 aliphatic carbocycles. The van der Waals surface area contributed by atoms with Crippen LogP contribution < -0.4 is 15.5 Å². The lowest BCUT2D eigenvalue weighted by atomic mass is 10.1. The molecular formula is C23H27ClF2N4O4S. The van der Waals surface area contributed by atoms with E-state index in [1.807, 2.05) is 18.7 Å². The van der Waals surface area contributed by atoms with E-state index in [0.717, 1.165) is 11.3 Å². The average Bonchev–Trinajstić information content (AvgIpc) is 3.28. The first kappa shape index (κ1) is 27.0. The zero-order valence-corrected chi connectivity index (χ0v) is 20.9. The van der Waals surface area contributed by atoms with Gasteiger partial charge in [-0.2, -0.15) is 0 Å². The van der Waals surface area contributed by atoms with Gasteiger partial charge in [0, 0.05) is 24.3 Å². The van der Waals surface area contributed by atoms with Crippen molar-refractivity contribution in [2.75, 3.05) is 49.6 Å². The maximum absolute atomic E-state index is 13.8. The molecule has 8 nitrogen and oxygen atoms in total. The number of alkyl halides is 2. The zero-order valence-electron chi connectivity index (χ0n) is 19.4. The van der Waals surface area contributed by atoms with Crippen molar-refractivity contribution in [1.29, 1.82) is 0 Å². The molecule has 3 amide bonds. The Morgan fingerprint density at radius 3 is 2.57 bits per heavy atom. The first-order chi connectivity index (χ1) is 16.7. The molecular weight excluding hydrogens is 502 g/mol. The van der Waals surface area contributed by atoms with Gasteiger partial charge >= 0.3 is 0 Å². The van der Waals surface area contributed by atoms with E-state index in [4.69, 9.17) is 16.3 Å². The van der Waals surface area contributed by atoms with Crippen LogP contribution >= 0.6 is 22.9 Å². The number of likely N-dealkylation sites (N-methyl/N-ethyl adjacent to an activating group) is 1. The lowest BCUT2D eigenvalue weighted by molar-refractivity contribution is -0.125. The normalized spacial score (nSPS) is 14.9. The Labute approximate surface area is 211 Å². The summed E-state index contributed by atoms with van der Waals surface area (Å²) in [6, 6.07) is 6.53. The molecule has 2 heterocycles. The van der Waals surface area contributed by atoms with Gasteiger partial charge in [-0.25, -0.2) is 8.78 Å². The minimum atomic E-state index is -2.85. The third-order valence-electron chi connectivity index (χ3n) is 5.62. The molecule has 0 unspecified atom stereocenters. The van der Waals surface area contributed by atoms with Gasteiger partial charge in [0.2, 0.25) is 5.91 Å². The van der Waals surface area contributed by atoms with Crippen molar-refractivity contribution in [2.45, 2.75) is 26.3 Å². The number of halogens is 3. The van der Waals surface area contributed by atoms with Crippen molar-refractivity contribution in [3.05, 3.63) is 45.1 Å². The second-order valence-electron chi connectivity index (χ2n) is 7.71. The number of benzene rings is 1. The fourth-order valence-corrected chi connectivity index (χ4v) is 4.78. The molecule has 1 saturated heterocycles. The molecule has 1 aromatic heterocycles. The van der Waals surface area contributed by atoms with Crippen LogP contribution in [0.5, 0.6) is 0 Å². The van der Waals surface area contributed by atoms with E-state index in [9.17, 15) is 23.2 Å². The number of amides is 3. The van der Waals surface area contributed by atoms with Gasteiger partial charge < -0.3 is 20.3 Å². The highest BCUT2D eigenvalue weighted by molar-refractivity contribution is 7.18. The van der Waals surface area contributed by atoms with Gasteiger partial charge in [0.15, 0.2) is 0 Å². The number of nitrogens with zero attached hydrogens (tertiary/aromatic N) is 2. The fraction of sp³-hybridized carbons (Fsp3) is 0.435. The number of hydrogen-bond acceptors (Lipinski definition) is 6. The number of ether oxygens (including phenoxy) is 1. The molecule has 0 bridgehead atoms. The van der Waals surface area contributed by atoms with Crippen molar-refractivity contribution in [3.8, 4) is 0 Å². The summed E-state index contributed by atoms with van der Waals surface area (Å²) in [7, 11) is 0. The van der Waals surface area contributed by atoms with Crippen molar-refractivity contribution in [1.82, 2.24) is 10.2 Å². The summed E-state index contributed by atoms with van der Waals surface area (Å²) in [5.41, 5.74) is -0.0999. The molecule has 12 heteroatoms. The summed E-state index contributed by atoms with van der Waals surface area (Å²) >= 11 is 7.02. The van der Waals surface area contributed by atoms with Crippen LogP contribution in [0.25, 0.3) is 0 Å². The van der Waals surface area contributed by atoms with Crippen LogP contribution in [0.2, 0.25) is 4.34 Å². The molecule has 1 aliphatic heterocycles. The smallest absolute Gasteiger partial charge is 0.265 e. The van der Waals surface area contributed by atoms with Crippen LogP contribution in [0.3, 0.4) is 0 Å². The topological polar surface area (TPSA) is 91.0 Å². The molecule has 0 saturated carbocycles. The summed E-state index contributed by atoms with van der Waals surface area (Å²) in [6.07, 6.45) is -2.85. The Kier molecular flexibility index (Phi) is 9.55. The fourth-order valence-electron chi connectivity index (χ4n) is 3.82. The predicted octanol–water partition coefficient (Wildman–Crippen LogP) is 3.78. The van der Waals surface area contributed by atoms with E-state index in [1.54, 1.807) is 12.1 Å². The maximum Gasteiger partial charge on any atom is 0.265 e. The maximum atomic E-state index is 13.8. The second-order valence-corrected chi connectivity index (χ2v) is 9.43. The third kappa shape index (κ3) is 6.75. The number of carbonyl (C=O) groups excluding carboxylic acids is 3. The molecule has 3 rings (SSSR count). The Balaban J connectivity index is 1.77. The summed E-state index contributed by atoms with van der Waals surface area (Å²) in [5, 5.41) is 5.43. The molecule has 35 heavy (non-hydrogen) atoms. The van der Waals surface area contributed by atoms with E-state index >= 15 is 0 Å². The number of morpholine rings is 1. The standard InChI is InChI=1S/C23H27ClF2N4O4S/c1-3-29(4-2)17(12-27-23(33)18-7-8-19(24)35-18)22(32)28-14-5-6-16(15(11-14)21(25)26)30-9-10-34-13-20(30)31/h5-8,11,17,21H,3-4,9-10,12-13H2,1-2H3,(H,27,33)(H,28,32)/t17-/m0/s1. The Morgan fingerprint density at radius 2 is 1.97 bits per heavy atom. The number of carbonyl (C=O) groups is 3. The molecule has 0 spiro atoms. The Morgan fingerprint density at radius 1 is 1.23 bits per heavy atom. The van der Waals surface area contributed by atoms with E-state index in [-0.39, 0.29) is 49.1 Å². The first-order valence-electron chi connectivity index (χ1n) is 11.1. The van der Waals surface area contributed by atoms with Gasteiger partial charge in [-0.1, -0.05) is 25.4 Å². The molecule has 2 N–H and O–H groups in total. The summed E-state index contributed by atoms with van der Waals surface area (Å²) in [6.45, 7) is 5.11. The highest BCUT2D eigenvalue weighted by atomic mass is 35.5. The first-order valence-corrected chi connectivity index (χ1v) is 12.3. The quantitative estimate of drug-likeness (QED) is 0.490. The van der Waals surface area contributed by atoms with Gasteiger partial charge in [-0.05, 0) is 43.4 Å². The molecule has 2 aromatic rings. The average molecular weight is 529 g/mol. The van der Waals surface area contributed by atoms with Crippen LogP contribution in [0.15, 0.2) is 30.3 Å². The summed E-state index contributed by atoms with van der Waals surface area (Å²) < 4.78 is 33.2. The van der Waals surface area contributed by atoms with E-state index in [2.05, 4.69) is 10.6 Å². The van der Waals surface area contributed by atoms with Crippen LogP contribution in [0.4, 0.5) is 20.2 Å². The minimum Gasteiger partial charge on any atom is -0.370 e. The van der Waals surface area contributed by atoms with Gasteiger partial charge in [0.05, 0.1) is 21.5 Å². The van der Waals surface area contributed by atoms with E-state index in [0.29, 0.717) is 22.3 Å². The lowest BCUT2D eigenvalue weighted by Gasteiger charge is -2.30. The zero-order chi connectivity index (χ0) is 25.5. The van der Waals surface area contributed by atoms with E-state index in [1.165, 1.54) is 23.1 Å². The summed E-state index contributed by atoms with van der Waals surface area (Å²) in [5.74, 6) is -1.21. The number of rotatable bonds is 10. The van der Waals surface area contributed by atoms with Crippen LogP contribution in [-0.4, -0.2) is 68.1 Å². The number of hydrogen-bond donors (Lipinski definition) is 2. The minimum absolute atomic E-state index is 0.0178. The van der Waals surface area contributed by atoms with Crippen molar-refractivity contribution < 1.29 is 27.9 Å². The third-order valence-corrected chi connectivity index (χ3v) is 6.85. The molecule has 1 atom stereocenters. The molecule has 1 aromatic carbocycles. The SMILES string of the molecule is CCN(CC)[C@@H](CNC(=O)c1ccc(Cl)s1)C(=O)Nc1ccc(N2CCOCC2=O)c(C(F)F)c1. The monoisotopic (exact) mass is 528 g/mol. The van der Waals surface area contributed by atoms with Crippen LogP contribution in [0, 0.1) is 0 Å². The highest BCUT2D eigenvalue weighted by Crippen LogP contribution is 2.33. The van der Waals surface area contributed by atoms with Gasteiger partial charge in [0.1, 0.15) is 12.6 Å². The predicted molar refractivity (Wildman–Crippen MR) is 132 cm³/mol. The van der Waals surface area contributed by atoms with Crippen LogP contribution in [-0.2, 0) is 14.3 Å². The second kappa shape index (κ2) is 12.4. The van der Waals surface area contributed by atoms with Crippen molar-refractivity contribution >= 4 is 52.0 Å². The molecule has 1 aliphatic rings. The van der Waals surface area contributed by atoms with Gasteiger partial charge in [-0.15, -0.1) is 11.3 Å². The molecule has 190 valence electrons. The van der Waals surface area contributed by atoms with Gasteiger partial charge in [0.25, 0.3) is 18.2 Å². The molecule has 1 fully saturated rings. The lowest BCUT2D eigenvalue weighted by Crippen LogP contribution is -2.50. The van der Waals surface area contributed by atoms with Crippen molar-refractivity contribution in [2.24, 2.45) is 0 Å². The Hall–Kier alpha value is -2.60. The largest absolute Gasteiger partial charge is 0.370 e. The highest BCUT2D eigenvalue weighted by Gasteiger charge is 2.28. The summed E-state index contributed by atoms with van der Waals surface area (Å²) in [4.78, 5) is 41.3. The van der Waals surface area contributed by atoms with E-state index < -0.39 is 24.3 Å². The van der Waals surface area contributed by atoms with Gasteiger partial charge in [-0.3, -0.25) is 19.3 Å². The number of nitrogens with one attached hydrogen (secondary N) is 2.